The highest BCUT2D eigenvalue weighted by atomic mass is 19.4. The van der Waals surface area contributed by atoms with Gasteiger partial charge in [-0.3, -0.25) is 9.59 Å². The molecule has 1 aromatic carbocycles. The van der Waals surface area contributed by atoms with E-state index in [0.29, 0.717) is 18.9 Å². The van der Waals surface area contributed by atoms with Gasteiger partial charge in [0, 0.05) is 18.5 Å². The fourth-order valence-corrected chi connectivity index (χ4v) is 4.34. The molecule has 3 fully saturated rings. The van der Waals surface area contributed by atoms with E-state index in [9.17, 15) is 27.6 Å². The molecular weight excluding hydrogens is 427 g/mol. The molecule has 2 saturated carbocycles. The summed E-state index contributed by atoms with van der Waals surface area (Å²) in [4.78, 5) is 37.5. The zero-order chi connectivity index (χ0) is 22.9. The minimum atomic E-state index is -5.19. The number of benzene rings is 1. The Hall–Kier alpha value is -2.62. The zero-order valence-electron chi connectivity index (χ0n) is 17.5. The van der Waals surface area contributed by atoms with Crippen molar-refractivity contribution in [2.75, 3.05) is 13.1 Å². The number of carbonyl (C=O) groups excluding carboxylic acids is 3. The molecule has 0 aromatic heterocycles. The monoisotopic (exact) mass is 453 g/mol. The molecule has 10 heteroatoms. The number of para-hydroxylation sites is 1. The van der Waals surface area contributed by atoms with E-state index in [1.54, 1.807) is 0 Å². The third-order valence-corrected chi connectivity index (χ3v) is 6.38. The van der Waals surface area contributed by atoms with Gasteiger partial charge in [0.15, 0.2) is 0 Å². The molecule has 3 N–H and O–H groups in total. The Bertz CT molecular complexity index is 903. The number of carbonyl (C=O) groups is 3. The van der Waals surface area contributed by atoms with Crippen LogP contribution in [0.1, 0.15) is 48.9 Å². The van der Waals surface area contributed by atoms with Crippen LogP contribution in [0.15, 0.2) is 24.3 Å². The number of hydrogen-bond acceptors (Lipinski definition) is 5. The minimum absolute atomic E-state index is 0.0954. The number of nitrogens with one attached hydrogen (secondary N) is 3. The fraction of sp³-hybridized carbons (Fsp3) is 0.591. The molecule has 3 aliphatic rings. The molecule has 4 rings (SSSR count). The molecule has 3 unspecified atom stereocenters. The maximum atomic E-state index is 13.2. The largest absolute Gasteiger partial charge is 0.491 e. The van der Waals surface area contributed by atoms with E-state index in [1.807, 2.05) is 0 Å². The van der Waals surface area contributed by atoms with Crippen LogP contribution in [0.25, 0.3) is 0 Å². The van der Waals surface area contributed by atoms with Crippen LogP contribution in [0.2, 0.25) is 0 Å². The topological polar surface area (TPSA) is 96.5 Å². The molecule has 1 aromatic rings. The van der Waals surface area contributed by atoms with Crippen molar-refractivity contribution in [3.8, 4) is 5.75 Å². The summed E-state index contributed by atoms with van der Waals surface area (Å²) in [6.45, 7) is 1.38. The van der Waals surface area contributed by atoms with Gasteiger partial charge in [-0.15, -0.1) is 0 Å². The summed E-state index contributed by atoms with van der Waals surface area (Å²) in [5, 5.41) is 9.16. The van der Waals surface area contributed by atoms with Gasteiger partial charge in [-0.25, -0.2) is 4.79 Å². The lowest BCUT2D eigenvalue weighted by Gasteiger charge is -2.33. The Morgan fingerprint density at radius 2 is 1.94 bits per heavy atom. The van der Waals surface area contributed by atoms with Crippen LogP contribution in [0, 0.1) is 11.8 Å². The predicted octanol–water partition coefficient (Wildman–Crippen LogP) is 2.31. The number of hydrogen-bond donors (Lipinski definition) is 3. The molecule has 0 bridgehead atoms. The molecule has 2 amide bonds. The Morgan fingerprint density at radius 1 is 1.19 bits per heavy atom. The van der Waals surface area contributed by atoms with E-state index in [4.69, 9.17) is 0 Å². The molecular formula is C22H26F3N3O4. The first kappa shape index (κ1) is 22.6. The quantitative estimate of drug-likeness (QED) is 0.435. The average Bonchev–Trinajstić information content (AvgIpc) is 3.63. The van der Waals surface area contributed by atoms with Crippen LogP contribution in [0.5, 0.6) is 5.75 Å². The molecule has 1 heterocycles. The summed E-state index contributed by atoms with van der Waals surface area (Å²) in [6, 6.07) is 5.31. The lowest BCUT2D eigenvalue weighted by atomic mass is 9.86. The van der Waals surface area contributed by atoms with Crippen LogP contribution in [-0.4, -0.2) is 48.6 Å². The van der Waals surface area contributed by atoms with Crippen LogP contribution in [0.3, 0.4) is 0 Å². The lowest BCUT2D eigenvalue weighted by molar-refractivity contribution is -0.189. The molecule has 1 aliphatic heterocycles. The van der Waals surface area contributed by atoms with E-state index in [2.05, 4.69) is 20.7 Å². The second kappa shape index (κ2) is 8.73. The highest BCUT2D eigenvalue weighted by molar-refractivity contribution is 6.02. The van der Waals surface area contributed by atoms with Gasteiger partial charge in [0.1, 0.15) is 11.3 Å². The van der Waals surface area contributed by atoms with Crippen molar-refractivity contribution in [2.45, 2.75) is 56.3 Å². The van der Waals surface area contributed by atoms with Gasteiger partial charge in [-0.2, -0.15) is 13.2 Å². The molecule has 3 atom stereocenters. The number of alkyl halides is 3. The summed E-state index contributed by atoms with van der Waals surface area (Å²) in [7, 11) is 0. The maximum absolute atomic E-state index is 13.2. The highest BCUT2D eigenvalue weighted by Gasteiger charge is 2.58. The molecule has 7 nitrogen and oxygen atoms in total. The normalized spacial score (nSPS) is 27.8. The van der Waals surface area contributed by atoms with E-state index >= 15 is 0 Å². The van der Waals surface area contributed by atoms with Crippen molar-refractivity contribution in [3.05, 3.63) is 29.8 Å². The van der Waals surface area contributed by atoms with Crippen LogP contribution >= 0.6 is 0 Å². The summed E-state index contributed by atoms with van der Waals surface area (Å²) in [6.07, 6.45) is -0.154. The smallest absolute Gasteiger partial charge is 0.419 e. The first-order valence-electron chi connectivity index (χ1n) is 10.9. The zero-order valence-corrected chi connectivity index (χ0v) is 17.5. The molecule has 1 saturated heterocycles. The highest BCUT2D eigenvalue weighted by Crippen LogP contribution is 2.45. The number of ether oxygens (including phenoxy) is 1. The van der Waals surface area contributed by atoms with E-state index in [0.717, 1.165) is 31.9 Å². The van der Waals surface area contributed by atoms with Crippen LogP contribution in [-0.2, 0) is 9.59 Å². The predicted molar refractivity (Wildman–Crippen MR) is 108 cm³/mol. The minimum Gasteiger partial charge on any atom is -0.419 e. The summed E-state index contributed by atoms with van der Waals surface area (Å²) < 4.78 is 42.4. The molecule has 32 heavy (non-hydrogen) atoms. The Kier molecular flexibility index (Phi) is 6.15. The van der Waals surface area contributed by atoms with Gasteiger partial charge in [-0.05, 0) is 63.1 Å². The van der Waals surface area contributed by atoms with Crippen LogP contribution < -0.4 is 20.7 Å². The van der Waals surface area contributed by atoms with Crippen molar-refractivity contribution in [1.29, 1.82) is 0 Å². The number of halogens is 3. The van der Waals surface area contributed by atoms with E-state index < -0.39 is 29.3 Å². The molecule has 0 radical (unpaired) electrons. The first-order chi connectivity index (χ1) is 15.2. The maximum Gasteiger partial charge on any atom is 0.491 e. The standard InChI is InChI=1S/C22H26F3N3O4/c23-22(24,25)20(31)32-17-6-2-1-5-14(17)18(29)28-21(9-3-4-10-26-19(21)30)15-11-16(15)27-12-13-7-8-13/h1-2,5-6,13,15-16,27H,3-4,7-12H2,(H,26,30)(H,28,29). The van der Waals surface area contributed by atoms with Crippen molar-refractivity contribution in [3.63, 3.8) is 0 Å². The van der Waals surface area contributed by atoms with Crippen molar-refractivity contribution < 1.29 is 32.3 Å². The Balaban J connectivity index is 1.54. The summed E-state index contributed by atoms with van der Waals surface area (Å²) in [5.74, 6) is -3.40. The lowest BCUT2D eigenvalue weighted by Crippen LogP contribution is -2.60. The molecule has 2 aliphatic carbocycles. The van der Waals surface area contributed by atoms with Crippen molar-refractivity contribution >= 4 is 17.8 Å². The van der Waals surface area contributed by atoms with Gasteiger partial charge in [0.25, 0.3) is 5.91 Å². The average molecular weight is 453 g/mol. The van der Waals surface area contributed by atoms with Gasteiger partial charge < -0.3 is 20.7 Å². The van der Waals surface area contributed by atoms with Gasteiger partial charge in [-0.1, -0.05) is 12.1 Å². The number of amides is 2. The first-order valence-corrected chi connectivity index (χ1v) is 10.9. The SMILES string of the molecule is O=C(NC1(C2CC2NCC2CC2)CCCCNC1=O)c1ccccc1OC(=O)C(F)(F)F. The second-order valence-electron chi connectivity index (χ2n) is 8.82. The van der Waals surface area contributed by atoms with Gasteiger partial charge in [0.2, 0.25) is 5.91 Å². The number of rotatable bonds is 7. The summed E-state index contributed by atoms with van der Waals surface area (Å²) in [5.41, 5.74) is -1.40. The van der Waals surface area contributed by atoms with Crippen molar-refractivity contribution in [1.82, 2.24) is 16.0 Å². The summed E-state index contributed by atoms with van der Waals surface area (Å²) >= 11 is 0. The van der Waals surface area contributed by atoms with Gasteiger partial charge in [0.05, 0.1) is 5.56 Å². The van der Waals surface area contributed by atoms with Gasteiger partial charge >= 0.3 is 12.1 Å². The third-order valence-electron chi connectivity index (χ3n) is 6.38. The molecule has 0 spiro atoms. The van der Waals surface area contributed by atoms with E-state index in [-0.39, 0.29) is 23.4 Å². The third kappa shape index (κ3) is 4.90. The van der Waals surface area contributed by atoms with Crippen LogP contribution in [0.4, 0.5) is 13.2 Å². The van der Waals surface area contributed by atoms with E-state index in [1.165, 1.54) is 31.0 Å². The molecule has 174 valence electrons. The second-order valence-corrected chi connectivity index (χ2v) is 8.82. The van der Waals surface area contributed by atoms with Crippen molar-refractivity contribution in [2.24, 2.45) is 11.8 Å². The Labute approximate surface area is 183 Å². The Morgan fingerprint density at radius 3 is 2.66 bits per heavy atom. The number of esters is 1. The fourth-order valence-electron chi connectivity index (χ4n) is 4.34.